The van der Waals surface area contributed by atoms with Crippen LogP contribution >= 0.6 is 0 Å². The molecule has 1 fully saturated rings. The molecule has 7 heteroatoms. The van der Waals surface area contributed by atoms with Gasteiger partial charge in [0.05, 0.1) is 16.9 Å². The fourth-order valence-electron chi connectivity index (χ4n) is 2.04. The van der Waals surface area contributed by atoms with E-state index in [1.54, 1.807) is 13.8 Å². The zero-order valence-electron chi connectivity index (χ0n) is 10.6. The molecule has 1 heterocycles. The molecule has 1 aliphatic heterocycles. The van der Waals surface area contributed by atoms with Gasteiger partial charge in [-0.2, -0.15) is 0 Å². The van der Waals surface area contributed by atoms with Crippen LogP contribution in [0.25, 0.3) is 0 Å². The summed E-state index contributed by atoms with van der Waals surface area (Å²) >= 11 is 0. The maximum Gasteiger partial charge on any atom is 0.240 e. The number of hydrogen-bond donors (Lipinski definition) is 2. The van der Waals surface area contributed by atoms with Crippen LogP contribution in [0.1, 0.15) is 20.8 Å². The van der Waals surface area contributed by atoms with E-state index >= 15 is 0 Å². The molecule has 1 saturated heterocycles. The number of sulfone groups is 1. The van der Waals surface area contributed by atoms with Gasteiger partial charge in [0.2, 0.25) is 5.91 Å². The van der Waals surface area contributed by atoms with Gasteiger partial charge in [0.15, 0.2) is 9.84 Å². The monoisotopic (exact) mass is 263 g/mol. The molecule has 0 saturated carbocycles. The van der Waals surface area contributed by atoms with Crippen molar-refractivity contribution in [2.75, 3.05) is 24.6 Å². The van der Waals surface area contributed by atoms with E-state index in [1.165, 1.54) is 0 Å². The Balaban J connectivity index is 2.68. The molecule has 0 bridgehead atoms. The summed E-state index contributed by atoms with van der Waals surface area (Å²) in [6.45, 7) is 6.45. The predicted molar refractivity (Wildman–Crippen MR) is 65.8 cm³/mol. The normalized spacial score (nSPS) is 25.5. The second-order valence-corrected chi connectivity index (χ2v) is 7.52. The maximum atomic E-state index is 11.6. The lowest BCUT2D eigenvalue weighted by molar-refractivity contribution is -0.130. The van der Waals surface area contributed by atoms with Gasteiger partial charge in [-0.3, -0.25) is 15.1 Å². The third-order valence-corrected chi connectivity index (χ3v) is 4.95. The van der Waals surface area contributed by atoms with Crippen molar-refractivity contribution in [3.63, 3.8) is 0 Å². The molecule has 100 valence electrons. The summed E-state index contributed by atoms with van der Waals surface area (Å²) in [6.07, 6.45) is 0. The molecule has 3 N–H and O–H groups in total. The Morgan fingerprint density at radius 1 is 1.53 bits per heavy atom. The molecule has 1 unspecified atom stereocenters. The van der Waals surface area contributed by atoms with E-state index in [0.717, 1.165) is 0 Å². The highest BCUT2D eigenvalue weighted by Gasteiger charge is 2.35. The van der Waals surface area contributed by atoms with Gasteiger partial charge in [-0.15, -0.1) is 0 Å². The molecule has 0 aromatic carbocycles. The highest BCUT2D eigenvalue weighted by molar-refractivity contribution is 7.91. The van der Waals surface area contributed by atoms with Gasteiger partial charge in [-0.05, 0) is 20.8 Å². The number of carbonyl (C=O) groups is 1. The van der Waals surface area contributed by atoms with Crippen molar-refractivity contribution in [1.82, 2.24) is 10.3 Å². The molecule has 1 rings (SSSR count). The van der Waals surface area contributed by atoms with Crippen LogP contribution < -0.4 is 11.3 Å². The Bertz CT molecular complexity index is 392. The first kappa shape index (κ1) is 14.4. The Kier molecular flexibility index (Phi) is 4.16. The third kappa shape index (κ3) is 3.65. The summed E-state index contributed by atoms with van der Waals surface area (Å²) < 4.78 is 22.9. The Morgan fingerprint density at radius 2 is 2.12 bits per heavy atom. The molecule has 0 aliphatic carbocycles. The summed E-state index contributed by atoms with van der Waals surface area (Å²) in [5.74, 6) is 5.21. The summed E-state index contributed by atoms with van der Waals surface area (Å²) in [5.41, 5.74) is 1.52. The minimum atomic E-state index is -2.91. The van der Waals surface area contributed by atoms with Crippen LogP contribution in [0.5, 0.6) is 0 Å². The first-order valence-corrected chi connectivity index (χ1v) is 7.45. The van der Waals surface area contributed by atoms with Gasteiger partial charge in [0.25, 0.3) is 0 Å². The highest BCUT2D eigenvalue weighted by atomic mass is 32.2. The molecule has 0 spiro atoms. The second kappa shape index (κ2) is 4.91. The average molecular weight is 263 g/mol. The number of rotatable bonds is 3. The largest absolute Gasteiger partial charge is 0.298 e. The quantitative estimate of drug-likeness (QED) is 0.392. The molecule has 1 atom stereocenters. The fourth-order valence-corrected chi connectivity index (χ4v) is 3.67. The van der Waals surface area contributed by atoms with Gasteiger partial charge in [-0.25, -0.2) is 14.3 Å². The number of nitrogens with zero attached hydrogens (tertiary/aromatic N) is 1. The van der Waals surface area contributed by atoms with Gasteiger partial charge in [0, 0.05) is 19.1 Å². The molecule has 1 aliphatic rings. The van der Waals surface area contributed by atoms with E-state index < -0.39 is 15.3 Å². The Labute approximate surface area is 102 Å². The standard InChI is InChI=1S/C10H21N3O3S/c1-8-6-17(15,16)5-4-13(8)7-10(2,3)9(14)12-11/h8H,4-7,11H2,1-3H3,(H,12,14). The number of carbonyl (C=O) groups excluding carboxylic acids is 1. The van der Waals surface area contributed by atoms with Crippen LogP contribution in [0.4, 0.5) is 0 Å². The van der Waals surface area contributed by atoms with E-state index in [4.69, 9.17) is 5.84 Å². The van der Waals surface area contributed by atoms with Gasteiger partial charge < -0.3 is 0 Å². The summed E-state index contributed by atoms with van der Waals surface area (Å²) in [4.78, 5) is 13.6. The van der Waals surface area contributed by atoms with Crippen LogP contribution in [0, 0.1) is 5.41 Å². The van der Waals surface area contributed by atoms with E-state index in [1.807, 2.05) is 11.8 Å². The third-order valence-electron chi connectivity index (χ3n) is 3.15. The van der Waals surface area contributed by atoms with Crippen molar-refractivity contribution >= 4 is 15.7 Å². The topological polar surface area (TPSA) is 92.5 Å². The number of hydrazine groups is 1. The minimum Gasteiger partial charge on any atom is -0.298 e. The fraction of sp³-hybridized carbons (Fsp3) is 0.900. The summed E-state index contributed by atoms with van der Waals surface area (Å²) in [6, 6.07) is -0.0569. The van der Waals surface area contributed by atoms with Crippen LogP contribution in [0.3, 0.4) is 0 Å². The highest BCUT2D eigenvalue weighted by Crippen LogP contribution is 2.21. The van der Waals surface area contributed by atoms with Gasteiger partial charge in [-0.1, -0.05) is 0 Å². The molecule has 1 amide bonds. The molecule has 0 radical (unpaired) electrons. The van der Waals surface area contributed by atoms with Crippen LogP contribution in [-0.4, -0.2) is 49.9 Å². The number of nitrogens with two attached hydrogens (primary N) is 1. The lowest BCUT2D eigenvalue weighted by atomic mass is 9.91. The molecular formula is C10H21N3O3S. The van der Waals surface area contributed by atoms with Crippen LogP contribution in [-0.2, 0) is 14.6 Å². The van der Waals surface area contributed by atoms with Crippen molar-refractivity contribution in [3.8, 4) is 0 Å². The van der Waals surface area contributed by atoms with E-state index in [-0.39, 0.29) is 23.5 Å². The minimum absolute atomic E-state index is 0.0569. The zero-order chi connectivity index (χ0) is 13.3. The number of amides is 1. The van der Waals surface area contributed by atoms with Crippen molar-refractivity contribution in [2.45, 2.75) is 26.8 Å². The predicted octanol–water partition coefficient (Wildman–Crippen LogP) is -0.879. The smallest absolute Gasteiger partial charge is 0.240 e. The first-order chi connectivity index (χ1) is 7.68. The lowest BCUT2D eigenvalue weighted by Gasteiger charge is -2.37. The summed E-state index contributed by atoms with van der Waals surface area (Å²) in [7, 11) is -2.91. The molecule has 0 aromatic heterocycles. The Hall–Kier alpha value is -0.660. The van der Waals surface area contributed by atoms with Crippen molar-refractivity contribution in [3.05, 3.63) is 0 Å². The van der Waals surface area contributed by atoms with Crippen molar-refractivity contribution < 1.29 is 13.2 Å². The first-order valence-electron chi connectivity index (χ1n) is 5.63. The molecule has 6 nitrogen and oxygen atoms in total. The SMILES string of the molecule is CC1CS(=O)(=O)CCN1CC(C)(C)C(=O)NN. The molecule has 0 aromatic rings. The van der Waals surface area contributed by atoms with Crippen LogP contribution in [0.2, 0.25) is 0 Å². The van der Waals surface area contributed by atoms with Crippen molar-refractivity contribution in [2.24, 2.45) is 11.3 Å². The summed E-state index contributed by atoms with van der Waals surface area (Å²) in [5, 5.41) is 0. The second-order valence-electron chi connectivity index (χ2n) is 5.29. The lowest BCUT2D eigenvalue weighted by Crippen LogP contribution is -2.53. The maximum absolute atomic E-state index is 11.6. The van der Waals surface area contributed by atoms with Gasteiger partial charge in [0.1, 0.15) is 0 Å². The molecular weight excluding hydrogens is 242 g/mol. The van der Waals surface area contributed by atoms with E-state index in [0.29, 0.717) is 13.1 Å². The zero-order valence-corrected chi connectivity index (χ0v) is 11.4. The molecule has 17 heavy (non-hydrogen) atoms. The van der Waals surface area contributed by atoms with Crippen LogP contribution in [0.15, 0.2) is 0 Å². The van der Waals surface area contributed by atoms with Gasteiger partial charge >= 0.3 is 0 Å². The number of nitrogens with one attached hydrogen (secondary N) is 1. The Morgan fingerprint density at radius 3 is 2.59 bits per heavy atom. The van der Waals surface area contributed by atoms with E-state index in [9.17, 15) is 13.2 Å². The average Bonchev–Trinajstić information content (AvgIpc) is 2.20. The number of hydrogen-bond acceptors (Lipinski definition) is 5. The van der Waals surface area contributed by atoms with E-state index in [2.05, 4.69) is 5.43 Å². The van der Waals surface area contributed by atoms with Crippen molar-refractivity contribution in [1.29, 1.82) is 0 Å².